The van der Waals surface area contributed by atoms with Crippen molar-refractivity contribution < 1.29 is 9.53 Å². The molecule has 0 aromatic carbocycles. The molecule has 1 atom stereocenters. The van der Waals surface area contributed by atoms with Crippen molar-refractivity contribution >= 4 is 21.8 Å². The Morgan fingerprint density at radius 3 is 2.95 bits per heavy atom. The topological polar surface area (TPSA) is 54.5 Å². The van der Waals surface area contributed by atoms with Gasteiger partial charge in [0.15, 0.2) is 0 Å². The number of morpholine rings is 1. The molecule has 1 saturated heterocycles. The Labute approximate surface area is 127 Å². The Kier molecular flexibility index (Phi) is 5.94. The Morgan fingerprint density at radius 1 is 1.50 bits per heavy atom. The first-order valence-electron chi connectivity index (χ1n) is 6.84. The summed E-state index contributed by atoms with van der Waals surface area (Å²) in [5.41, 5.74) is 0.581. The maximum absolute atomic E-state index is 12.0. The second-order valence-electron chi connectivity index (χ2n) is 5.12. The zero-order chi connectivity index (χ0) is 14.4. The van der Waals surface area contributed by atoms with Crippen LogP contribution in [0.25, 0.3) is 0 Å². The highest BCUT2D eigenvalue weighted by Crippen LogP contribution is 2.09. The number of carbonyl (C=O) groups is 1. The fourth-order valence-corrected chi connectivity index (χ4v) is 2.56. The molecule has 0 saturated carbocycles. The number of hydrogen-bond acceptors (Lipinski definition) is 4. The van der Waals surface area contributed by atoms with E-state index in [4.69, 9.17) is 4.74 Å². The van der Waals surface area contributed by atoms with Crippen molar-refractivity contribution in [2.45, 2.75) is 6.92 Å². The third-order valence-electron chi connectivity index (χ3n) is 3.25. The summed E-state index contributed by atoms with van der Waals surface area (Å²) >= 11 is 3.32. The van der Waals surface area contributed by atoms with Crippen LogP contribution < -0.4 is 5.32 Å². The van der Waals surface area contributed by atoms with E-state index >= 15 is 0 Å². The Morgan fingerprint density at radius 2 is 2.25 bits per heavy atom. The van der Waals surface area contributed by atoms with Crippen LogP contribution in [-0.2, 0) is 4.74 Å². The van der Waals surface area contributed by atoms with Gasteiger partial charge in [-0.15, -0.1) is 0 Å². The van der Waals surface area contributed by atoms with E-state index in [0.29, 0.717) is 18.0 Å². The van der Waals surface area contributed by atoms with Gasteiger partial charge in [0, 0.05) is 43.0 Å². The Bertz CT molecular complexity index is 450. The van der Waals surface area contributed by atoms with E-state index in [-0.39, 0.29) is 5.91 Å². The summed E-state index contributed by atoms with van der Waals surface area (Å²) < 4.78 is 6.14. The summed E-state index contributed by atoms with van der Waals surface area (Å²) in [4.78, 5) is 18.4. The number of rotatable bonds is 5. The van der Waals surface area contributed by atoms with Crippen LogP contribution in [0.15, 0.2) is 22.9 Å². The quantitative estimate of drug-likeness (QED) is 0.882. The highest BCUT2D eigenvalue weighted by Gasteiger charge is 2.14. The van der Waals surface area contributed by atoms with E-state index in [1.165, 1.54) is 0 Å². The molecule has 5 nitrogen and oxygen atoms in total. The van der Waals surface area contributed by atoms with Crippen molar-refractivity contribution in [1.82, 2.24) is 15.2 Å². The Hall–Kier alpha value is -0.980. The molecule has 1 aliphatic heterocycles. The minimum atomic E-state index is -0.0763. The highest BCUT2D eigenvalue weighted by atomic mass is 79.9. The molecule has 20 heavy (non-hydrogen) atoms. The van der Waals surface area contributed by atoms with Crippen molar-refractivity contribution in [2.75, 3.05) is 39.4 Å². The molecular formula is C14H20BrN3O2. The predicted octanol–water partition coefficient (Wildman–Crippen LogP) is 1.54. The summed E-state index contributed by atoms with van der Waals surface area (Å²) in [5.74, 6) is 0.338. The van der Waals surface area contributed by atoms with E-state index in [2.05, 4.69) is 38.1 Å². The molecule has 110 valence electrons. The fraction of sp³-hybridized carbons (Fsp3) is 0.571. The monoisotopic (exact) mass is 341 g/mol. The van der Waals surface area contributed by atoms with E-state index in [1.54, 1.807) is 18.5 Å². The minimum absolute atomic E-state index is 0.0763. The standard InChI is InChI=1S/C14H20BrN3O2/c1-11(10-18-2-4-20-5-3-18)7-17-14(19)12-6-13(15)9-16-8-12/h6,8-9,11H,2-5,7,10H2,1H3,(H,17,19). The van der Waals surface area contributed by atoms with E-state index < -0.39 is 0 Å². The van der Waals surface area contributed by atoms with Gasteiger partial charge in [-0.05, 0) is 27.9 Å². The van der Waals surface area contributed by atoms with Crippen LogP contribution in [0.2, 0.25) is 0 Å². The van der Waals surface area contributed by atoms with Gasteiger partial charge < -0.3 is 10.1 Å². The van der Waals surface area contributed by atoms with Crippen LogP contribution >= 0.6 is 15.9 Å². The lowest BCUT2D eigenvalue weighted by atomic mass is 10.1. The molecule has 1 N–H and O–H groups in total. The highest BCUT2D eigenvalue weighted by molar-refractivity contribution is 9.10. The summed E-state index contributed by atoms with van der Waals surface area (Å²) in [7, 11) is 0. The van der Waals surface area contributed by atoms with Crippen LogP contribution in [0.1, 0.15) is 17.3 Å². The molecule has 1 aromatic rings. The Balaban J connectivity index is 1.75. The summed E-state index contributed by atoms with van der Waals surface area (Å²) in [6, 6.07) is 1.77. The molecule has 1 fully saturated rings. The van der Waals surface area contributed by atoms with Gasteiger partial charge >= 0.3 is 0 Å². The molecule has 1 amide bonds. The van der Waals surface area contributed by atoms with Gasteiger partial charge in [-0.3, -0.25) is 14.7 Å². The average Bonchev–Trinajstić information content (AvgIpc) is 2.46. The van der Waals surface area contributed by atoms with Crippen LogP contribution in [0.5, 0.6) is 0 Å². The maximum Gasteiger partial charge on any atom is 0.252 e. The molecular weight excluding hydrogens is 322 g/mol. The van der Waals surface area contributed by atoms with E-state index in [1.807, 2.05) is 0 Å². The molecule has 2 rings (SSSR count). The van der Waals surface area contributed by atoms with Crippen LogP contribution in [-0.4, -0.2) is 55.2 Å². The molecule has 1 aliphatic rings. The van der Waals surface area contributed by atoms with Gasteiger partial charge in [0.25, 0.3) is 5.91 Å². The van der Waals surface area contributed by atoms with E-state index in [0.717, 1.165) is 37.3 Å². The smallest absolute Gasteiger partial charge is 0.252 e. The van der Waals surface area contributed by atoms with Gasteiger partial charge in [0.1, 0.15) is 0 Å². The molecule has 2 heterocycles. The van der Waals surface area contributed by atoms with Gasteiger partial charge in [-0.1, -0.05) is 6.92 Å². The third-order valence-corrected chi connectivity index (χ3v) is 3.69. The fourth-order valence-electron chi connectivity index (χ4n) is 2.19. The van der Waals surface area contributed by atoms with Crippen LogP contribution in [0.4, 0.5) is 0 Å². The SMILES string of the molecule is CC(CNC(=O)c1cncc(Br)c1)CN1CCOCC1. The largest absolute Gasteiger partial charge is 0.379 e. The number of hydrogen-bond donors (Lipinski definition) is 1. The normalized spacial score (nSPS) is 17.7. The van der Waals surface area contributed by atoms with Crippen molar-refractivity contribution in [3.8, 4) is 0 Å². The second-order valence-corrected chi connectivity index (χ2v) is 6.04. The molecule has 0 spiro atoms. The van der Waals surface area contributed by atoms with Crippen LogP contribution in [0.3, 0.4) is 0 Å². The van der Waals surface area contributed by atoms with Crippen LogP contribution in [0, 0.1) is 5.92 Å². The van der Waals surface area contributed by atoms with Gasteiger partial charge in [-0.25, -0.2) is 0 Å². The van der Waals surface area contributed by atoms with Crippen molar-refractivity contribution in [3.63, 3.8) is 0 Å². The van der Waals surface area contributed by atoms with Crippen molar-refractivity contribution in [3.05, 3.63) is 28.5 Å². The summed E-state index contributed by atoms with van der Waals surface area (Å²) in [6.45, 7) is 7.38. The zero-order valence-corrected chi connectivity index (χ0v) is 13.2. The lowest BCUT2D eigenvalue weighted by Gasteiger charge is -2.29. The predicted molar refractivity (Wildman–Crippen MR) is 80.7 cm³/mol. The van der Waals surface area contributed by atoms with Gasteiger partial charge in [0.2, 0.25) is 0 Å². The third kappa shape index (κ3) is 4.85. The number of halogens is 1. The number of nitrogens with one attached hydrogen (secondary N) is 1. The number of pyridine rings is 1. The number of nitrogens with zero attached hydrogens (tertiary/aromatic N) is 2. The number of amides is 1. The zero-order valence-electron chi connectivity index (χ0n) is 11.6. The van der Waals surface area contributed by atoms with Gasteiger partial charge in [0.05, 0.1) is 18.8 Å². The first kappa shape index (κ1) is 15.4. The lowest BCUT2D eigenvalue weighted by molar-refractivity contribution is 0.0317. The number of aromatic nitrogens is 1. The molecule has 0 radical (unpaired) electrons. The lowest BCUT2D eigenvalue weighted by Crippen LogP contribution is -2.41. The first-order valence-corrected chi connectivity index (χ1v) is 7.63. The summed E-state index contributed by atoms with van der Waals surface area (Å²) in [5, 5.41) is 2.96. The summed E-state index contributed by atoms with van der Waals surface area (Å²) in [6.07, 6.45) is 3.24. The molecule has 6 heteroatoms. The van der Waals surface area contributed by atoms with E-state index in [9.17, 15) is 4.79 Å². The average molecular weight is 342 g/mol. The molecule has 0 bridgehead atoms. The maximum atomic E-state index is 12.0. The second kappa shape index (κ2) is 7.71. The number of carbonyl (C=O) groups excluding carboxylic acids is 1. The van der Waals surface area contributed by atoms with Crippen molar-refractivity contribution in [1.29, 1.82) is 0 Å². The first-order chi connectivity index (χ1) is 9.65. The minimum Gasteiger partial charge on any atom is -0.379 e. The van der Waals surface area contributed by atoms with Crippen molar-refractivity contribution in [2.24, 2.45) is 5.92 Å². The molecule has 1 unspecified atom stereocenters. The molecule has 0 aliphatic carbocycles. The van der Waals surface area contributed by atoms with Gasteiger partial charge in [-0.2, -0.15) is 0 Å². The molecule has 1 aromatic heterocycles. The number of ether oxygens (including phenoxy) is 1.